The lowest BCUT2D eigenvalue weighted by Gasteiger charge is -2.26. The third kappa shape index (κ3) is 1.66. The molecule has 92 valence electrons. The van der Waals surface area contributed by atoms with Crippen LogP contribution in [0.25, 0.3) is 10.8 Å². The van der Waals surface area contributed by atoms with Crippen molar-refractivity contribution in [2.75, 3.05) is 0 Å². The molecule has 3 aromatic carbocycles. The summed E-state index contributed by atoms with van der Waals surface area (Å²) in [7, 11) is 0. The van der Waals surface area contributed by atoms with Crippen molar-refractivity contribution in [3.63, 3.8) is 0 Å². The van der Waals surface area contributed by atoms with E-state index in [1.54, 1.807) is 0 Å². The molecule has 1 nitrogen and oxygen atoms in total. The van der Waals surface area contributed by atoms with Crippen LogP contribution in [0.4, 0.5) is 0 Å². The van der Waals surface area contributed by atoms with Crippen molar-refractivity contribution < 1.29 is 4.74 Å². The summed E-state index contributed by atoms with van der Waals surface area (Å²) in [5.74, 6) is 0. The van der Waals surface area contributed by atoms with Crippen molar-refractivity contribution in [1.82, 2.24) is 0 Å². The van der Waals surface area contributed by atoms with Gasteiger partial charge in [0.05, 0.1) is 6.61 Å². The molecule has 19 heavy (non-hydrogen) atoms. The third-order valence-corrected chi connectivity index (χ3v) is 3.81. The Kier molecular flexibility index (Phi) is 2.39. The van der Waals surface area contributed by atoms with E-state index in [2.05, 4.69) is 60.7 Å². The van der Waals surface area contributed by atoms with Gasteiger partial charge in [0.2, 0.25) is 0 Å². The van der Waals surface area contributed by atoms with Crippen LogP contribution in [0, 0.1) is 0 Å². The molecule has 1 atom stereocenters. The summed E-state index contributed by atoms with van der Waals surface area (Å²) in [4.78, 5) is 0. The zero-order valence-electron chi connectivity index (χ0n) is 10.5. The smallest absolute Gasteiger partial charge is 0.109 e. The number of hydrogen-bond acceptors (Lipinski definition) is 1. The Morgan fingerprint density at radius 2 is 1.58 bits per heavy atom. The number of hydrogen-bond donors (Lipinski definition) is 0. The normalized spacial score (nSPS) is 17.6. The molecule has 0 radical (unpaired) electrons. The zero-order chi connectivity index (χ0) is 12.7. The largest absolute Gasteiger partial charge is 0.364 e. The second kappa shape index (κ2) is 4.22. The molecule has 0 fully saturated rings. The van der Waals surface area contributed by atoms with Crippen molar-refractivity contribution in [2.24, 2.45) is 0 Å². The van der Waals surface area contributed by atoms with Gasteiger partial charge in [-0.15, -0.1) is 0 Å². The van der Waals surface area contributed by atoms with Gasteiger partial charge in [0.15, 0.2) is 0 Å². The van der Waals surface area contributed by atoms with Gasteiger partial charge < -0.3 is 4.74 Å². The highest BCUT2D eigenvalue weighted by Gasteiger charge is 2.23. The molecule has 0 aliphatic carbocycles. The standard InChI is InChI=1S/C18H14O/c1-2-6-14(7-3-1)18-16-11-5-9-13-8-4-10-15(12-19-18)17(13)16/h1-11,18H,12H2. The molecule has 3 aromatic rings. The lowest BCUT2D eigenvalue weighted by Crippen LogP contribution is -2.12. The Hall–Kier alpha value is -2.12. The monoisotopic (exact) mass is 246 g/mol. The van der Waals surface area contributed by atoms with Crippen molar-refractivity contribution in [2.45, 2.75) is 12.7 Å². The highest BCUT2D eigenvalue weighted by Crippen LogP contribution is 2.38. The first-order valence-electron chi connectivity index (χ1n) is 6.60. The molecule has 1 heterocycles. The fourth-order valence-electron chi connectivity index (χ4n) is 2.96. The Balaban J connectivity index is 1.98. The van der Waals surface area contributed by atoms with Gasteiger partial charge in [-0.05, 0) is 27.5 Å². The highest BCUT2D eigenvalue weighted by atomic mass is 16.5. The first-order chi connectivity index (χ1) is 9.43. The van der Waals surface area contributed by atoms with Crippen molar-refractivity contribution in [3.05, 3.63) is 83.4 Å². The molecule has 0 amide bonds. The number of benzene rings is 3. The Labute approximate surface area is 112 Å². The van der Waals surface area contributed by atoms with Gasteiger partial charge in [-0.25, -0.2) is 0 Å². The molecule has 1 heteroatoms. The topological polar surface area (TPSA) is 9.23 Å². The first-order valence-corrected chi connectivity index (χ1v) is 6.60. The van der Waals surface area contributed by atoms with Gasteiger partial charge in [0, 0.05) is 0 Å². The fourth-order valence-corrected chi connectivity index (χ4v) is 2.96. The van der Waals surface area contributed by atoms with Crippen LogP contribution in [-0.2, 0) is 11.3 Å². The third-order valence-electron chi connectivity index (χ3n) is 3.81. The van der Waals surface area contributed by atoms with Gasteiger partial charge in [-0.2, -0.15) is 0 Å². The molecular weight excluding hydrogens is 232 g/mol. The molecule has 0 aromatic heterocycles. The summed E-state index contributed by atoms with van der Waals surface area (Å²) in [6, 6.07) is 23.4. The van der Waals surface area contributed by atoms with E-state index in [1.807, 2.05) is 6.07 Å². The summed E-state index contributed by atoms with van der Waals surface area (Å²) in [6.07, 6.45) is 0.0554. The van der Waals surface area contributed by atoms with E-state index in [9.17, 15) is 0 Å². The van der Waals surface area contributed by atoms with Crippen LogP contribution in [0.2, 0.25) is 0 Å². The Morgan fingerprint density at radius 1 is 0.789 bits per heavy atom. The van der Waals surface area contributed by atoms with Gasteiger partial charge in [-0.3, -0.25) is 0 Å². The quantitative estimate of drug-likeness (QED) is 0.616. The van der Waals surface area contributed by atoms with E-state index in [0.29, 0.717) is 6.61 Å². The van der Waals surface area contributed by atoms with Crippen molar-refractivity contribution in [1.29, 1.82) is 0 Å². The van der Waals surface area contributed by atoms with E-state index in [-0.39, 0.29) is 6.10 Å². The van der Waals surface area contributed by atoms with Crippen LogP contribution in [0.3, 0.4) is 0 Å². The average Bonchev–Trinajstić information content (AvgIpc) is 2.49. The minimum Gasteiger partial charge on any atom is -0.364 e. The summed E-state index contributed by atoms with van der Waals surface area (Å²) in [5.41, 5.74) is 3.80. The second-order valence-electron chi connectivity index (χ2n) is 4.96. The van der Waals surface area contributed by atoms with Gasteiger partial charge >= 0.3 is 0 Å². The van der Waals surface area contributed by atoms with Crippen LogP contribution in [0.1, 0.15) is 22.8 Å². The number of rotatable bonds is 1. The van der Waals surface area contributed by atoms with E-state index in [4.69, 9.17) is 4.74 Å². The maximum atomic E-state index is 6.08. The summed E-state index contributed by atoms with van der Waals surface area (Å²) in [6.45, 7) is 0.688. The maximum Gasteiger partial charge on any atom is 0.109 e. The molecule has 0 N–H and O–H groups in total. The minimum atomic E-state index is 0.0554. The molecule has 4 rings (SSSR count). The minimum absolute atomic E-state index is 0.0554. The first kappa shape index (κ1) is 10.8. The summed E-state index contributed by atoms with van der Waals surface area (Å²) >= 11 is 0. The Morgan fingerprint density at radius 3 is 2.42 bits per heavy atom. The lowest BCUT2D eigenvalue weighted by molar-refractivity contribution is 0.0628. The number of ether oxygens (including phenoxy) is 1. The molecule has 0 saturated carbocycles. The maximum absolute atomic E-state index is 6.08. The zero-order valence-corrected chi connectivity index (χ0v) is 10.5. The van der Waals surface area contributed by atoms with Gasteiger partial charge in [0.25, 0.3) is 0 Å². The highest BCUT2D eigenvalue weighted by molar-refractivity contribution is 5.90. The molecule has 0 spiro atoms. The van der Waals surface area contributed by atoms with E-state index >= 15 is 0 Å². The molecule has 1 aliphatic heterocycles. The lowest BCUT2D eigenvalue weighted by atomic mass is 9.91. The van der Waals surface area contributed by atoms with Crippen LogP contribution in [-0.4, -0.2) is 0 Å². The molecule has 1 unspecified atom stereocenters. The fraction of sp³-hybridized carbons (Fsp3) is 0.111. The van der Waals surface area contributed by atoms with E-state index in [0.717, 1.165) is 0 Å². The van der Waals surface area contributed by atoms with Crippen LogP contribution in [0.15, 0.2) is 66.7 Å². The van der Waals surface area contributed by atoms with Gasteiger partial charge in [0.1, 0.15) is 6.10 Å². The van der Waals surface area contributed by atoms with E-state index < -0.39 is 0 Å². The Bertz CT molecular complexity index is 726. The molecule has 0 bridgehead atoms. The van der Waals surface area contributed by atoms with Crippen LogP contribution >= 0.6 is 0 Å². The predicted octanol–water partition coefficient (Wildman–Crippen LogP) is 4.46. The average molecular weight is 246 g/mol. The summed E-state index contributed by atoms with van der Waals surface area (Å²) < 4.78 is 6.08. The SMILES string of the molecule is c1ccc(C2OCc3cccc4cccc2c34)cc1. The van der Waals surface area contributed by atoms with Gasteiger partial charge in [-0.1, -0.05) is 66.7 Å². The van der Waals surface area contributed by atoms with Crippen molar-refractivity contribution in [3.8, 4) is 0 Å². The van der Waals surface area contributed by atoms with E-state index in [1.165, 1.54) is 27.5 Å². The molecular formula is C18H14O. The summed E-state index contributed by atoms with van der Waals surface area (Å²) in [5, 5.41) is 2.67. The van der Waals surface area contributed by atoms with Crippen LogP contribution < -0.4 is 0 Å². The van der Waals surface area contributed by atoms with Crippen molar-refractivity contribution >= 4 is 10.8 Å². The predicted molar refractivity (Wildman–Crippen MR) is 77.0 cm³/mol. The molecule has 1 aliphatic rings. The van der Waals surface area contributed by atoms with Crippen LogP contribution in [0.5, 0.6) is 0 Å². The molecule has 0 saturated heterocycles. The second-order valence-corrected chi connectivity index (χ2v) is 4.96.